The average Bonchev–Trinajstić information content (AvgIpc) is 2.92. The lowest BCUT2D eigenvalue weighted by atomic mass is 10.2. The lowest BCUT2D eigenvalue weighted by Gasteiger charge is -2.12. The quantitative estimate of drug-likeness (QED) is 0.790. The van der Waals surface area contributed by atoms with E-state index in [2.05, 4.69) is 9.97 Å². The van der Waals surface area contributed by atoms with E-state index >= 15 is 0 Å². The Bertz CT molecular complexity index is 553. The number of benzene rings is 1. The van der Waals surface area contributed by atoms with Crippen molar-refractivity contribution < 1.29 is 4.74 Å². The van der Waals surface area contributed by atoms with Crippen LogP contribution in [0.4, 0.5) is 0 Å². The molecular formula is C15H15ClN2O. The van der Waals surface area contributed by atoms with Crippen LogP contribution in [0.1, 0.15) is 25.7 Å². The number of aromatic nitrogens is 2. The highest BCUT2D eigenvalue weighted by Gasteiger charge is 2.18. The highest BCUT2D eigenvalue weighted by atomic mass is 35.5. The monoisotopic (exact) mass is 274 g/mol. The van der Waals surface area contributed by atoms with Crippen LogP contribution in [0, 0.1) is 0 Å². The topological polar surface area (TPSA) is 35.0 Å². The summed E-state index contributed by atoms with van der Waals surface area (Å²) >= 11 is 6.05. The fraction of sp³-hybridized carbons (Fsp3) is 0.333. The van der Waals surface area contributed by atoms with Gasteiger partial charge in [0.1, 0.15) is 11.3 Å². The van der Waals surface area contributed by atoms with Crippen molar-refractivity contribution in [3.8, 4) is 17.3 Å². The maximum Gasteiger partial charge on any atom is 0.218 e. The summed E-state index contributed by atoms with van der Waals surface area (Å²) in [7, 11) is 0. The van der Waals surface area contributed by atoms with E-state index in [1.807, 2.05) is 30.3 Å². The molecule has 0 unspecified atom stereocenters. The van der Waals surface area contributed by atoms with Gasteiger partial charge in [0.25, 0.3) is 0 Å². The summed E-state index contributed by atoms with van der Waals surface area (Å²) in [6.07, 6.45) is 4.93. The maximum absolute atomic E-state index is 6.05. The van der Waals surface area contributed by atoms with E-state index in [-0.39, 0.29) is 6.10 Å². The third kappa shape index (κ3) is 3.04. The molecular weight excluding hydrogens is 260 g/mol. The summed E-state index contributed by atoms with van der Waals surface area (Å²) in [5.41, 5.74) is 0.946. The second-order valence-electron chi connectivity index (χ2n) is 4.74. The van der Waals surface area contributed by atoms with Crippen molar-refractivity contribution in [2.75, 3.05) is 0 Å². The molecule has 2 aromatic rings. The van der Waals surface area contributed by atoms with Gasteiger partial charge in [0.2, 0.25) is 5.88 Å². The second kappa shape index (κ2) is 5.57. The standard InChI is InChI=1S/C15H15ClN2O/c16-13-10-14(19-12-8-4-5-9-12)18-15(17-13)11-6-2-1-3-7-11/h1-3,6-7,10,12H,4-5,8-9H2. The third-order valence-electron chi connectivity index (χ3n) is 3.29. The fourth-order valence-corrected chi connectivity index (χ4v) is 2.52. The van der Waals surface area contributed by atoms with E-state index in [4.69, 9.17) is 16.3 Å². The predicted molar refractivity (Wildman–Crippen MR) is 75.4 cm³/mol. The largest absolute Gasteiger partial charge is 0.474 e. The molecule has 98 valence electrons. The summed E-state index contributed by atoms with van der Waals surface area (Å²) in [6.45, 7) is 0. The minimum Gasteiger partial charge on any atom is -0.474 e. The van der Waals surface area contributed by atoms with Gasteiger partial charge in [0, 0.05) is 11.6 Å². The molecule has 3 nitrogen and oxygen atoms in total. The Kier molecular flexibility index (Phi) is 3.65. The van der Waals surface area contributed by atoms with Crippen LogP contribution in [0.3, 0.4) is 0 Å². The Balaban J connectivity index is 1.87. The Hall–Kier alpha value is -1.61. The Morgan fingerprint density at radius 3 is 2.53 bits per heavy atom. The van der Waals surface area contributed by atoms with Gasteiger partial charge < -0.3 is 4.74 Å². The normalized spacial score (nSPS) is 15.6. The number of hydrogen-bond acceptors (Lipinski definition) is 3. The molecule has 0 radical (unpaired) electrons. The minimum absolute atomic E-state index is 0.273. The summed E-state index contributed by atoms with van der Waals surface area (Å²) in [4.78, 5) is 8.70. The van der Waals surface area contributed by atoms with Crippen LogP contribution in [-0.4, -0.2) is 16.1 Å². The van der Waals surface area contributed by atoms with Gasteiger partial charge in [-0.3, -0.25) is 0 Å². The molecule has 1 aliphatic carbocycles. The van der Waals surface area contributed by atoms with Crippen LogP contribution >= 0.6 is 11.6 Å². The van der Waals surface area contributed by atoms with Crippen molar-refractivity contribution in [2.45, 2.75) is 31.8 Å². The van der Waals surface area contributed by atoms with Crippen molar-refractivity contribution in [1.29, 1.82) is 0 Å². The molecule has 19 heavy (non-hydrogen) atoms. The molecule has 1 aromatic carbocycles. The van der Waals surface area contributed by atoms with Gasteiger partial charge in [0.15, 0.2) is 5.82 Å². The van der Waals surface area contributed by atoms with Gasteiger partial charge >= 0.3 is 0 Å². The molecule has 3 rings (SSSR count). The Morgan fingerprint density at radius 1 is 1.05 bits per heavy atom. The van der Waals surface area contributed by atoms with Crippen LogP contribution in [0.2, 0.25) is 5.15 Å². The zero-order valence-electron chi connectivity index (χ0n) is 10.6. The molecule has 1 saturated carbocycles. The molecule has 0 bridgehead atoms. The predicted octanol–water partition coefficient (Wildman–Crippen LogP) is 4.12. The molecule has 1 heterocycles. The van der Waals surface area contributed by atoms with Crippen molar-refractivity contribution in [2.24, 2.45) is 0 Å². The summed E-state index contributed by atoms with van der Waals surface area (Å²) in [5.74, 6) is 1.19. The lowest BCUT2D eigenvalue weighted by molar-refractivity contribution is 0.201. The Morgan fingerprint density at radius 2 is 1.79 bits per heavy atom. The minimum atomic E-state index is 0.273. The van der Waals surface area contributed by atoms with Gasteiger partial charge in [-0.1, -0.05) is 41.9 Å². The van der Waals surface area contributed by atoms with Gasteiger partial charge in [-0.25, -0.2) is 4.98 Å². The zero-order valence-corrected chi connectivity index (χ0v) is 11.3. The summed E-state index contributed by atoms with van der Waals surface area (Å²) in [5, 5.41) is 0.418. The first kappa shape index (κ1) is 12.4. The molecule has 0 saturated heterocycles. The second-order valence-corrected chi connectivity index (χ2v) is 5.13. The number of nitrogens with zero attached hydrogens (tertiary/aromatic N) is 2. The number of ether oxygens (including phenoxy) is 1. The smallest absolute Gasteiger partial charge is 0.218 e. The van der Waals surface area contributed by atoms with E-state index in [1.165, 1.54) is 12.8 Å². The van der Waals surface area contributed by atoms with Crippen LogP contribution in [0.5, 0.6) is 5.88 Å². The molecule has 0 amide bonds. The first-order valence-electron chi connectivity index (χ1n) is 6.58. The number of hydrogen-bond donors (Lipinski definition) is 0. The number of halogens is 1. The summed E-state index contributed by atoms with van der Waals surface area (Å²) in [6, 6.07) is 11.5. The van der Waals surface area contributed by atoms with Gasteiger partial charge in [-0.2, -0.15) is 4.98 Å². The van der Waals surface area contributed by atoms with Gasteiger partial charge in [0.05, 0.1) is 0 Å². The summed E-state index contributed by atoms with van der Waals surface area (Å²) < 4.78 is 5.88. The maximum atomic E-state index is 6.05. The van der Waals surface area contributed by atoms with Crippen LogP contribution in [0.25, 0.3) is 11.4 Å². The van der Waals surface area contributed by atoms with Crippen molar-refractivity contribution in [1.82, 2.24) is 9.97 Å². The third-order valence-corrected chi connectivity index (χ3v) is 3.49. The zero-order chi connectivity index (χ0) is 13.1. The molecule has 1 aromatic heterocycles. The van der Waals surface area contributed by atoms with E-state index in [1.54, 1.807) is 6.07 Å². The molecule has 4 heteroatoms. The van der Waals surface area contributed by atoms with Crippen LogP contribution in [0.15, 0.2) is 36.4 Å². The van der Waals surface area contributed by atoms with Gasteiger partial charge in [-0.15, -0.1) is 0 Å². The Labute approximate surface area is 117 Å². The van der Waals surface area contributed by atoms with E-state index in [9.17, 15) is 0 Å². The van der Waals surface area contributed by atoms with Crippen molar-refractivity contribution in [3.63, 3.8) is 0 Å². The molecule has 0 spiro atoms. The van der Waals surface area contributed by atoms with E-state index < -0.39 is 0 Å². The van der Waals surface area contributed by atoms with Crippen molar-refractivity contribution >= 4 is 11.6 Å². The average molecular weight is 275 g/mol. The number of rotatable bonds is 3. The van der Waals surface area contributed by atoms with Crippen LogP contribution in [-0.2, 0) is 0 Å². The van der Waals surface area contributed by atoms with E-state index in [0.717, 1.165) is 18.4 Å². The van der Waals surface area contributed by atoms with Gasteiger partial charge in [-0.05, 0) is 25.7 Å². The van der Waals surface area contributed by atoms with E-state index in [0.29, 0.717) is 16.9 Å². The highest BCUT2D eigenvalue weighted by molar-refractivity contribution is 6.29. The molecule has 1 aliphatic rings. The van der Waals surface area contributed by atoms with Crippen LogP contribution < -0.4 is 4.74 Å². The molecule has 0 N–H and O–H groups in total. The molecule has 0 atom stereocenters. The molecule has 0 aliphatic heterocycles. The first-order chi connectivity index (χ1) is 9.31. The highest BCUT2D eigenvalue weighted by Crippen LogP contribution is 2.26. The first-order valence-corrected chi connectivity index (χ1v) is 6.96. The van der Waals surface area contributed by atoms with Crippen molar-refractivity contribution in [3.05, 3.63) is 41.6 Å². The lowest BCUT2D eigenvalue weighted by Crippen LogP contribution is -2.12. The molecule has 1 fully saturated rings. The SMILES string of the molecule is Clc1cc(OC2CCCC2)nc(-c2ccccc2)n1. The fourth-order valence-electron chi connectivity index (χ4n) is 2.35.